The van der Waals surface area contributed by atoms with Crippen LogP contribution in [0, 0.1) is 11.6 Å². The van der Waals surface area contributed by atoms with Gasteiger partial charge < -0.3 is 20.2 Å². The van der Waals surface area contributed by atoms with Crippen molar-refractivity contribution in [2.75, 3.05) is 43.1 Å². The zero-order valence-corrected chi connectivity index (χ0v) is 19.0. The van der Waals surface area contributed by atoms with Gasteiger partial charge in [-0.2, -0.15) is 0 Å². The van der Waals surface area contributed by atoms with Crippen molar-refractivity contribution in [2.24, 2.45) is 0 Å². The molecular weight excluding hydrogens is 474 g/mol. The van der Waals surface area contributed by atoms with Crippen LogP contribution in [-0.4, -0.2) is 59.3 Å². The molecule has 0 amide bonds. The van der Waals surface area contributed by atoms with Gasteiger partial charge in [-0.3, -0.25) is 14.4 Å². The molecule has 3 heterocycles. The zero-order valence-electron chi connectivity index (χ0n) is 19.0. The highest BCUT2D eigenvalue weighted by atomic mass is 19.1. The van der Waals surface area contributed by atoms with Gasteiger partial charge in [0.2, 0.25) is 0 Å². The number of benzene rings is 1. The van der Waals surface area contributed by atoms with Crippen molar-refractivity contribution in [2.45, 2.75) is 27.2 Å². The van der Waals surface area contributed by atoms with Crippen molar-refractivity contribution in [3.63, 3.8) is 0 Å². The highest BCUT2D eigenvalue weighted by molar-refractivity contribution is 6.08. The molecular formula is C25H28F2N4O5. The Balaban J connectivity index is 0.00000361. The second-order valence-electron chi connectivity index (χ2n) is 8.22. The number of hydrogen-bond acceptors (Lipinski definition) is 8. The number of rotatable bonds is 8. The van der Waals surface area contributed by atoms with E-state index in [1.807, 2.05) is 4.90 Å². The molecule has 0 saturated carbocycles. The first-order valence-electron chi connectivity index (χ1n) is 11.1. The minimum absolute atomic E-state index is 0. The van der Waals surface area contributed by atoms with Crippen molar-refractivity contribution >= 4 is 34.1 Å². The molecule has 0 radical (unpaired) electrons. The predicted octanol–water partition coefficient (Wildman–Crippen LogP) is 3.20. The molecule has 3 aromatic rings. The number of nitrogens with zero attached hydrogens (tertiary/aromatic N) is 3. The third-order valence-electron chi connectivity index (χ3n) is 5.75. The number of ketones is 2. The molecule has 11 heteroatoms. The molecule has 0 aliphatic carbocycles. The van der Waals surface area contributed by atoms with Gasteiger partial charge in [0.15, 0.2) is 11.4 Å². The Labute approximate surface area is 206 Å². The summed E-state index contributed by atoms with van der Waals surface area (Å²) in [7, 11) is 0. The maximum absolute atomic E-state index is 14.0. The van der Waals surface area contributed by atoms with E-state index in [1.54, 1.807) is 12.1 Å². The molecule has 1 saturated heterocycles. The number of halogens is 2. The number of Topliss-reactive ketones (excluding diaryl/α,β-unsaturated/α-hetero) is 2. The fourth-order valence-electron chi connectivity index (χ4n) is 3.96. The molecule has 0 atom stereocenters. The Morgan fingerprint density at radius 1 is 1.17 bits per heavy atom. The number of hydrogen-bond donors (Lipinski definition) is 2. The second-order valence-corrected chi connectivity index (χ2v) is 8.22. The number of carbonyl (C=O) groups is 2. The lowest BCUT2D eigenvalue weighted by Crippen LogP contribution is -2.37. The molecule has 0 bridgehead atoms. The first-order chi connectivity index (χ1) is 16.8. The summed E-state index contributed by atoms with van der Waals surface area (Å²) in [5.41, 5.74) is -1.29. The van der Waals surface area contributed by atoms with Crippen molar-refractivity contribution < 1.29 is 28.3 Å². The summed E-state index contributed by atoms with van der Waals surface area (Å²) in [6.07, 6.45) is -0.369. The number of aryl methyl sites for hydroxylation is 1. The van der Waals surface area contributed by atoms with Crippen molar-refractivity contribution in [1.82, 2.24) is 9.71 Å². The van der Waals surface area contributed by atoms with Gasteiger partial charge >= 0.3 is 0 Å². The van der Waals surface area contributed by atoms with Crippen LogP contribution in [-0.2, 0) is 16.0 Å². The highest BCUT2D eigenvalue weighted by Crippen LogP contribution is 2.28. The molecule has 192 valence electrons. The number of carbonyl (C=O) groups excluding carboxylic acids is 2. The van der Waals surface area contributed by atoms with E-state index in [1.165, 1.54) is 13.0 Å². The van der Waals surface area contributed by atoms with E-state index < -0.39 is 23.0 Å². The number of nitrogens with one attached hydrogen (secondary N) is 1. The van der Waals surface area contributed by atoms with Gasteiger partial charge in [0.25, 0.3) is 5.56 Å². The minimum atomic E-state index is -1.01. The minimum Gasteiger partial charge on any atom is -0.423 e. The van der Waals surface area contributed by atoms with Crippen LogP contribution >= 0.6 is 0 Å². The highest BCUT2D eigenvalue weighted by Gasteiger charge is 2.25. The molecule has 1 aromatic carbocycles. The van der Waals surface area contributed by atoms with Gasteiger partial charge in [0.05, 0.1) is 25.4 Å². The predicted molar refractivity (Wildman–Crippen MR) is 131 cm³/mol. The van der Waals surface area contributed by atoms with E-state index in [0.29, 0.717) is 42.9 Å². The summed E-state index contributed by atoms with van der Waals surface area (Å²) in [6.45, 7) is 3.37. The largest absolute Gasteiger partial charge is 0.423 e. The lowest BCUT2D eigenvalue weighted by Gasteiger charge is -2.28. The average Bonchev–Trinajstić information content (AvgIpc) is 2.84. The standard InChI is InChI=1S/C24H24F2N4O5.CH4/c1-14(31)13-27-22-17-5-7-20(29-8-10-35-11-9-29)28-23(17)30(34)24(33)21(22)19(32)6-3-15-2-4-16(25)12-18(15)26;/h2,4-5,7,12,27,34H,3,6,8-11,13H2,1H3;1H4. The molecule has 2 N–H and O–H groups in total. The fraction of sp³-hybridized carbons (Fsp3) is 0.360. The van der Waals surface area contributed by atoms with Crippen molar-refractivity contribution in [1.29, 1.82) is 0 Å². The number of ether oxygens (including phenoxy) is 1. The summed E-state index contributed by atoms with van der Waals surface area (Å²) in [4.78, 5) is 44.2. The maximum Gasteiger partial charge on any atom is 0.297 e. The maximum atomic E-state index is 14.0. The smallest absolute Gasteiger partial charge is 0.297 e. The summed E-state index contributed by atoms with van der Waals surface area (Å²) in [5, 5.41) is 13.7. The van der Waals surface area contributed by atoms with E-state index in [-0.39, 0.29) is 60.4 Å². The Morgan fingerprint density at radius 3 is 2.56 bits per heavy atom. The van der Waals surface area contributed by atoms with Gasteiger partial charge in [-0.25, -0.2) is 13.8 Å². The van der Waals surface area contributed by atoms with Crippen molar-refractivity contribution in [3.05, 3.63) is 63.4 Å². The van der Waals surface area contributed by atoms with Gasteiger partial charge in [-0.15, -0.1) is 4.73 Å². The Kier molecular flexibility index (Phi) is 8.36. The Hall–Kier alpha value is -3.86. The SMILES string of the molecule is C.CC(=O)CNc1c(C(=O)CCc2ccc(F)cc2F)c(=O)n(O)c2nc(N3CCOCC3)ccc12. The first-order valence-corrected chi connectivity index (χ1v) is 11.1. The van der Waals surface area contributed by atoms with E-state index in [4.69, 9.17) is 4.74 Å². The van der Waals surface area contributed by atoms with Gasteiger partial charge in [0, 0.05) is 31.0 Å². The van der Waals surface area contributed by atoms with Crippen LogP contribution in [0.25, 0.3) is 11.0 Å². The van der Waals surface area contributed by atoms with E-state index in [2.05, 4.69) is 10.3 Å². The van der Waals surface area contributed by atoms with Crippen LogP contribution in [0.3, 0.4) is 0 Å². The molecule has 1 aliphatic heterocycles. The molecule has 9 nitrogen and oxygen atoms in total. The Bertz CT molecular complexity index is 1350. The summed E-state index contributed by atoms with van der Waals surface area (Å²) >= 11 is 0. The van der Waals surface area contributed by atoms with Gasteiger partial charge in [-0.1, -0.05) is 13.5 Å². The molecule has 1 aliphatic rings. The summed E-state index contributed by atoms with van der Waals surface area (Å²) < 4.78 is 32.8. The zero-order chi connectivity index (χ0) is 25.1. The first kappa shape index (κ1) is 26.7. The summed E-state index contributed by atoms with van der Waals surface area (Å²) in [5.74, 6) is -1.94. The molecule has 0 unspecified atom stereocenters. The topological polar surface area (TPSA) is 114 Å². The van der Waals surface area contributed by atoms with Crippen LogP contribution in [0.15, 0.2) is 35.1 Å². The van der Waals surface area contributed by atoms with Crippen LogP contribution in [0.2, 0.25) is 0 Å². The molecule has 36 heavy (non-hydrogen) atoms. The van der Waals surface area contributed by atoms with E-state index >= 15 is 0 Å². The van der Waals surface area contributed by atoms with E-state index in [0.717, 1.165) is 6.07 Å². The molecule has 0 spiro atoms. The molecule has 4 rings (SSSR count). The molecule has 2 aromatic heterocycles. The Morgan fingerprint density at radius 2 is 1.89 bits per heavy atom. The van der Waals surface area contributed by atoms with Gasteiger partial charge in [-0.05, 0) is 37.1 Å². The number of morpholine rings is 1. The third-order valence-corrected chi connectivity index (χ3v) is 5.75. The quantitative estimate of drug-likeness (QED) is 0.357. The van der Waals surface area contributed by atoms with Crippen LogP contribution in [0.4, 0.5) is 20.3 Å². The van der Waals surface area contributed by atoms with Gasteiger partial charge in [0.1, 0.15) is 28.8 Å². The monoisotopic (exact) mass is 502 g/mol. The number of pyridine rings is 2. The number of aromatic nitrogens is 2. The second kappa shape index (κ2) is 11.3. The van der Waals surface area contributed by atoms with Crippen LogP contribution < -0.4 is 15.8 Å². The number of anilines is 2. The van der Waals surface area contributed by atoms with E-state index in [9.17, 15) is 28.4 Å². The summed E-state index contributed by atoms with van der Waals surface area (Å²) in [6, 6.07) is 6.33. The van der Waals surface area contributed by atoms with Crippen LogP contribution in [0.5, 0.6) is 0 Å². The lowest BCUT2D eigenvalue weighted by molar-refractivity contribution is -0.115. The number of fused-ring (bicyclic) bond motifs is 1. The lowest BCUT2D eigenvalue weighted by atomic mass is 10.0. The van der Waals surface area contributed by atoms with Crippen LogP contribution in [0.1, 0.15) is 36.7 Å². The average molecular weight is 503 g/mol. The molecule has 1 fully saturated rings. The normalized spacial score (nSPS) is 13.4. The fourth-order valence-corrected chi connectivity index (χ4v) is 3.96. The van der Waals surface area contributed by atoms with Crippen molar-refractivity contribution in [3.8, 4) is 0 Å². The third kappa shape index (κ3) is 5.51.